The van der Waals surface area contributed by atoms with Crippen LogP contribution in [0.25, 0.3) is 0 Å². The number of hydrogen-bond acceptors (Lipinski definition) is 2. The lowest BCUT2D eigenvalue weighted by Crippen LogP contribution is -2.63. The van der Waals surface area contributed by atoms with Crippen molar-refractivity contribution in [1.82, 2.24) is 5.32 Å². The van der Waals surface area contributed by atoms with Gasteiger partial charge in [0.1, 0.15) is 0 Å². The number of benzene rings is 1. The minimum atomic E-state index is -0.260. The van der Waals surface area contributed by atoms with Gasteiger partial charge in [-0.15, -0.1) is 0 Å². The topological polar surface area (TPSA) is 38.3 Å². The van der Waals surface area contributed by atoms with Gasteiger partial charge in [-0.3, -0.25) is 4.79 Å². The van der Waals surface area contributed by atoms with Crippen LogP contribution >= 0.6 is 0 Å². The summed E-state index contributed by atoms with van der Waals surface area (Å²) < 4.78 is 5.71. The number of nitrogens with one attached hydrogen (secondary N) is 1. The maximum Gasteiger partial charge on any atom is 0.251 e. The molecule has 3 nitrogen and oxygen atoms in total. The Kier molecular flexibility index (Phi) is 4.37. The summed E-state index contributed by atoms with van der Waals surface area (Å²) in [5, 5.41) is 2.92. The van der Waals surface area contributed by atoms with Gasteiger partial charge < -0.3 is 10.1 Å². The molecule has 0 aliphatic carbocycles. The van der Waals surface area contributed by atoms with E-state index in [-0.39, 0.29) is 18.1 Å². The molecular formula is C15H21NO2. The molecule has 0 unspecified atom stereocenters. The maximum absolute atomic E-state index is 11.5. The third kappa shape index (κ3) is 3.33. The number of ether oxygens (including phenoxy) is 1. The highest BCUT2D eigenvalue weighted by molar-refractivity contribution is 5.88. The van der Waals surface area contributed by atoms with Crippen LogP contribution in [-0.4, -0.2) is 18.1 Å². The highest BCUT2D eigenvalue weighted by Crippen LogP contribution is 2.19. The van der Waals surface area contributed by atoms with Crippen LogP contribution in [0.1, 0.15) is 32.3 Å². The molecule has 0 bridgehead atoms. The van der Waals surface area contributed by atoms with Crippen molar-refractivity contribution >= 4 is 5.91 Å². The summed E-state index contributed by atoms with van der Waals surface area (Å²) in [6.45, 7) is 4.90. The quantitative estimate of drug-likeness (QED) is 0.784. The standard InChI is InChI=1S/C15H21NO2/c1-11(2)8-9-13-14(15(17)16-13)18-10-12-6-4-3-5-7-12/h3-7,11,13-14H,8-10H2,1-2H3,(H,16,17)/t13-,14+/m0/s1. The largest absolute Gasteiger partial charge is 0.362 e. The van der Waals surface area contributed by atoms with Gasteiger partial charge in [0.2, 0.25) is 0 Å². The first kappa shape index (κ1) is 13.1. The number of β-lactam (4-membered cyclic amide) rings is 1. The molecule has 1 aliphatic rings. The van der Waals surface area contributed by atoms with Crippen LogP contribution in [-0.2, 0) is 16.1 Å². The Bertz CT molecular complexity index is 389. The van der Waals surface area contributed by atoms with Crippen molar-refractivity contribution in [3.05, 3.63) is 35.9 Å². The average Bonchev–Trinajstić information content (AvgIpc) is 2.35. The fraction of sp³-hybridized carbons (Fsp3) is 0.533. The summed E-state index contributed by atoms with van der Waals surface area (Å²) in [7, 11) is 0. The molecule has 0 aromatic heterocycles. The van der Waals surface area contributed by atoms with E-state index in [0.717, 1.165) is 18.4 Å². The van der Waals surface area contributed by atoms with Crippen molar-refractivity contribution < 1.29 is 9.53 Å². The van der Waals surface area contributed by atoms with Gasteiger partial charge in [-0.2, -0.15) is 0 Å². The lowest BCUT2D eigenvalue weighted by atomic mass is 9.93. The summed E-state index contributed by atoms with van der Waals surface area (Å²) in [6.07, 6.45) is 1.86. The van der Waals surface area contributed by atoms with E-state index in [1.54, 1.807) is 0 Å². The Hall–Kier alpha value is -1.35. The van der Waals surface area contributed by atoms with E-state index >= 15 is 0 Å². The van der Waals surface area contributed by atoms with Crippen molar-refractivity contribution in [2.75, 3.05) is 0 Å². The molecule has 2 rings (SSSR count). The van der Waals surface area contributed by atoms with E-state index in [4.69, 9.17) is 4.74 Å². The van der Waals surface area contributed by atoms with Crippen LogP contribution in [0.15, 0.2) is 30.3 Å². The van der Waals surface area contributed by atoms with Crippen LogP contribution in [0, 0.1) is 5.92 Å². The number of hydrogen-bond donors (Lipinski definition) is 1. The molecule has 0 spiro atoms. The van der Waals surface area contributed by atoms with E-state index < -0.39 is 0 Å². The van der Waals surface area contributed by atoms with Gasteiger partial charge in [0, 0.05) is 0 Å². The van der Waals surface area contributed by atoms with Crippen molar-refractivity contribution in [2.24, 2.45) is 5.92 Å². The smallest absolute Gasteiger partial charge is 0.251 e. The number of carbonyl (C=O) groups is 1. The molecule has 1 N–H and O–H groups in total. The van der Waals surface area contributed by atoms with Crippen molar-refractivity contribution in [3.63, 3.8) is 0 Å². The van der Waals surface area contributed by atoms with Gasteiger partial charge in [-0.05, 0) is 24.3 Å². The molecule has 1 saturated heterocycles. The highest BCUT2D eigenvalue weighted by atomic mass is 16.5. The summed E-state index contributed by atoms with van der Waals surface area (Å²) in [5.74, 6) is 0.692. The molecule has 18 heavy (non-hydrogen) atoms. The predicted octanol–water partition coefficient (Wildman–Crippen LogP) is 2.51. The molecule has 1 aromatic carbocycles. The first-order valence-electron chi connectivity index (χ1n) is 6.62. The normalized spacial score (nSPS) is 22.7. The van der Waals surface area contributed by atoms with Crippen LogP contribution < -0.4 is 5.32 Å². The zero-order chi connectivity index (χ0) is 13.0. The fourth-order valence-corrected chi connectivity index (χ4v) is 2.12. The second-order valence-corrected chi connectivity index (χ2v) is 5.30. The highest BCUT2D eigenvalue weighted by Gasteiger charge is 2.39. The van der Waals surface area contributed by atoms with Crippen molar-refractivity contribution in [2.45, 2.75) is 45.4 Å². The van der Waals surface area contributed by atoms with Gasteiger partial charge in [-0.1, -0.05) is 44.2 Å². The first-order chi connectivity index (χ1) is 8.66. The van der Waals surface area contributed by atoms with E-state index in [1.807, 2.05) is 30.3 Å². The summed E-state index contributed by atoms with van der Waals surface area (Å²) in [5.41, 5.74) is 1.11. The number of amides is 1. The Labute approximate surface area is 109 Å². The van der Waals surface area contributed by atoms with Gasteiger partial charge in [0.05, 0.1) is 12.6 Å². The SMILES string of the molecule is CC(C)CC[C@@H]1NC(=O)[C@@H]1OCc1ccccc1. The number of carbonyl (C=O) groups excluding carboxylic acids is 1. The Morgan fingerprint density at radius 1 is 1.28 bits per heavy atom. The van der Waals surface area contributed by atoms with E-state index in [0.29, 0.717) is 12.5 Å². The lowest BCUT2D eigenvalue weighted by molar-refractivity contribution is -0.150. The van der Waals surface area contributed by atoms with E-state index in [2.05, 4.69) is 19.2 Å². The van der Waals surface area contributed by atoms with Gasteiger partial charge in [0.15, 0.2) is 6.10 Å². The summed E-state index contributed by atoms with van der Waals surface area (Å²) >= 11 is 0. The third-order valence-corrected chi connectivity index (χ3v) is 3.28. The van der Waals surface area contributed by atoms with Crippen LogP contribution in [0.3, 0.4) is 0 Å². The molecular weight excluding hydrogens is 226 g/mol. The van der Waals surface area contributed by atoms with Crippen LogP contribution in [0.5, 0.6) is 0 Å². The van der Waals surface area contributed by atoms with Gasteiger partial charge in [0.25, 0.3) is 5.91 Å². The Morgan fingerprint density at radius 3 is 2.61 bits per heavy atom. The zero-order valence-electron chi connectivity index (χ0n) is 11.1. The van der Waals surface area contributed by atoms with Crippen molar-refractivity contribution in [3.8, 4) is 0 Å². The second kappa shape index (κ2) is 6.01. The summed E-state index contributed by atoms with van der Waals surface area (Å²) in [6, 6.07) is 10.2. The van der Waals surface area contributed by atoms with E-state index in [9.17, 15) is 4.79 Å². The first-order valence-corrected chi connectivity index (χ1v) is 6.62. The molecule has 1 heterocycles. The third-order valence-electron chi connectivity index (χ3n) is 3.28. The van der Waals surface area contributed by atoms with E-state index in [1.165, 1.54) is 0 Å². The zero-order valence-corrected chi connectivity index (χ0v) is 11.1. The van der Waals surface area contributed by atoms with Crippen LogP contribution in [0.2, 0.25) is 0 Å². The minimum absolute atomic E-state index is 0.0275. The number of rotatable bonds is 6. The Balaban J connectivity index is 1.79. The molecule has 2 atom stereocenters. The van der Waals surface area contributed by atoms with Crippen LogP contribution in [0.4, 0.5) is 0 Å². The molecule has 98 valence electrons. The predicted molar refractivity (Wildman–Crippen MR) is 71.0 cm³/mol. The monoisotopic (exact) mass is 247 g/mol. The molecule has 1 aliphatic heterocycles. The molecule has 1 fully saturated rings. The van der Waals surface area contributed by atoms with Crippen molar-refractivity contribution in [1.29, 1.82) is 0 Å². The second-order valence-electron chi connectivity index (χ2n) is 5.30. The molecule has 0 saturated carbocycles. The fourth-order valence-electron chi connectivity index (χ4n) is 2.12. The lowest BCUT2D eigenvalue weighted by Gasteiger charge is -2.36. The maximum atomic E-state index is 11.5. The minimum Gasteiger partial charge on any atom is -0.362 e. The molecule has 1 aromatic rings. The molecule has 1 amide bonds. The summed E-state index contributed by atoms with van der Waals surface area (Å²) in [4.78, 5) is 11.5. The van der Waals surface area contributed by atoms with Gasteiger partial charge in [-0.25, -0.2) is 0 Å². The average molecular weight is 247 g/mol. The Morgan fingerprint density at radius 2 is 2.00 bits per heavy atom. The van der Waals surface area contributed by atoms with Gasteiger partial charge >= 0.3 is 0 Å². The molecule has 0 radical (unpaired) electrons. The molecule has 3 heteroatoms.